The van der Waals surface area contributed by atoms with Crippen molar-refractivity contribution in [2.75, 3.05) is 7.11 Å². The van der Waals surface area contributed by atoms with Crippen LogP contribution in [0.25, 0.3) is 0 Å². The smallest absolute Gasteiger partial charge is 0.342 e. The Morgan fingerprint density at radius 2 is 2.31 bits per heavy atom. The Labute approximate surface area is 95.4 Å². The topological polar surface area (TPSA) is 35.5 Å². The molecule has 0 amide bonds. The highest BCUT2D eigenvalue weighted by molar-refractivity contribution is 5.95. The second-order valence-electron chi connectivity index (χ2n) is 4.01. The van der Waals surface area contributed by atoms with Gasteiger partial charge in [0.1, 0.15) is 17.4 Å². The van der Waals surface area contributed by atoms with Gasteiger partial charge in [-0.25, -0.2) is 4.79 Å². The van der Waals surface area contributed by atoms with E-state index in [2.05, 4.69) is 6.92 Å². The minimum Gasteiger partial charge on any atom is -0.496 e. The molecule has 1 aliphatic rings. The lowest BCUT2D eigenvalue weighted by molar-refractivity contribution is 0.0232. The number of cyclic esters (lactones) is 1. The standard InChI is InChI=1S/C13H16O3/c1-3-5-10-8-9-6-4-7-11(15-2)12(9)13(14)16-10/h4,6-7,10H,3,5,8H2,1-2H3. The molecule has 1 aliphatic heterocycles. The fourth-order valence-electron chi connectivity index (χ4n) is 2.13. The van der Waals surface area contributed by atoms with Gasteiger partial charge in [-0.05, 0) is 18.1 Å². The molecule has 2 rings (SSSR count). The van der Waals surface area contributed by atoms with Crippen molar-refractivity contribution in [3.63, 3.8) is 0 Å². The zero-order chi connectivity index (χ0) is 11.5. The molecule has 1 atom stereocenters. The average Bonchev–Trinajstić information content (AvgIpc) is 2.28. The van der Waals surface area contributed by atoms with Gasteiger partial charge in [0.15, 0.2) is 0 Å². The summed E-state index contributed by atoms with van der Waals surface area (Å²) >= 11 is 0. The van der Waals surface area contributed by atoms with Crippen molar-refractivity contribution in [1.82, 2.24) is 0 Å². The molecule has 0 radical (unpaired) electrons. The predicted octanol–water partition coefficient (Wildman–Crippen LogP) is 2.58. The number of methoxy groups -OCH3 is 1. The van der Waals surface area contributed by atoms with Gasteiger partial charge in [-0.1, -0.05) is 25.5 Å². The summed E-state index contributed by atoms with van der Waals surface area (Å²) in [6.45, 7) is 2.09. The van der Waals surface area contributed by atoms with E-state index in [1.807, 2.05) is 12.1 Å². The molecule has 86 valence electrons. The number of esters is 1. The van der Waals surface area contributed by atoms with Crippen molar-refractivity contribution in [3.05, 3.63) is 29.3 Å². The van der Waals surface area contributed by atoms with E-state index in [4.69, 9.17) is 9.47 Å². The summed E-state index contributed by atoms with van der Waals surface area (Å²) in [5.41, 5.74) is 1.63. The highest BCUT2D eigenvalue weighted by Crippen LogP contribution is 2.29. The number of fused-ring (bicyclic) bond motifs is 1. The Morgan fingerprint density at radius 1 is 1.50 bits per heavy atom. The molecule has 0 spiro atoms. The third-order valence-corrected chi connectivity index (χ3v) is 2.87. The van der Waals surface area contributed by atoms with Crippen molar-refractivity contribution < 1.29 is 14.3 Å². The van der Waals surface area contributed by atoms with Gasteiger partial charge in [0.25, 0.3) is 0 Å². The van der Waals surface area contributed by atoms with Crippen LogP contribution in [0.2, 0.25) is 0 Å². The van der Waals surface area contributed by atoms with E-state index < -0.39 is 0 Å². The molecule has 0 fully saturated rings. The van der Waals surface area contributed by atoms with E-state index in [0.29, 0.717) is 11.3 Å². The monoisotopic (exact) mass is 220 g/mol. The van der Waals surface area contributed by atoms with Crippen molar-refractivity contribution in [2.24, 2.45) is 0 Å². The molecule has 1 unspecified atom stereocenters. The maximum Gasteiger partial charge on any atom is 0.342 e. The van der Waals surface area contributed by atoms with Gasteiger partial charge in [-0.2, -0.15) is 0 Å². The Morgan fingerprint density at radius 3 is 3.00 bits per heavy atom. The summed E-state index contributed by atoms with van der Waals surface area (Å²) in [6.07, 6.45) is 2.77. The molecule has 0 saturated heterocycles. The third-order valence-electron chi connectivity index (χ3n) is 2.87. The highest BCUT2D eigenvalue weighted by atomic mass is 16.5. The lowest BCUT2D eigenvalue weighted by Crippen LogP contribution is -2.27. The summed E-state index contributed by atoms with van der Waals surface area (Å²) in [5.74, 6) is 0.356. The quantitative estimate of drug-likeness (QED) is 0.734. The lowest BCUT2D eigenvalue weighted by atomic mass is 9.96. The highest BCUT2D eigenvalue weighted by Gasteiger charge is 2.28. The molecule has 0 N–H and O–H groups in total. The fourth-order valence-corrected chi connectivity index (χ4v) is 2.13. The molecule has 3 nitrogen and oxygen atoms in total. The number of hydrogen-bond donors (Lipinski definition) is 0. The number of rotatable bonds is 3. The van der Waals surface area contributed by atoms with Crippen LogP contribution in [0.3, 0.4) is 0 Å². The van der Waals surface area contributed by atoms with Gasteiger partial charge in [0.05, 0.1) is 7.11 Å². The first-order chi connectivity index (χ1) is 7.76. The zero-order valence-electron chi connectivity index (χ0n) is 9.66. The van der Waals surface area contributed by atoms with Crippen LogP contribution in [0.1, 0.15) is 35.7 Å². The van der Waals surface area contributed by atoms with Crippen LogP contribution >= 0.6 is 0 Å². The SMILES string of the molecule is CCCC1Cc2cccc(OC)c2C(=O)O1. The van der Waals surface area contributed by atoms with Crippen LogP contribution in [-0.4, -0.2) is 19.2 Å². The van der Waals surface area contributed by atoms with Crippen molar-refractivity contribution in [3.8, 4) is 5.75 Å². The minimum absolute atomic E-state index is 0.0251. The molecule has 0 aromatic heterocycles. The second kappa shape index (κ2) is 4.56. The maximum absolute atomic E-state index is 11.8. The van der Waals surface area contributed by atoms with E-state index >= 15 is 0 Å². The summed E-state index contributed by atoms with van der Waals surface area (Å²) in [4.78, 5) is 11.8. The Balaban J connectivity index is 2.34. The van der Waals surface area contributed by atoms with E-state index in [0.717, 1.165) is 24.8 Å². The first kappa shape index (κ1) is 11.0. The molecular weight excluding hydrogens is 204 g/mol. The first-order valence-electron chi connectivity index (χ1n) is 5.63. The summed E-state index contributed by atoms with van der Waals surface area (Å²) in [7, 11) is 1.57. The number of hydrogen-bond acceptors (Lipinski definition) is 3. The Hall–Kier alpha value is -1.51. The van der Waals surface area contributed by atoms with Gasteiger partial charge >= 0.3 is 5.97 Å². The molecule has 0 saturated carbocycles. The number of carbonyl (C=O) groups is 1. The van der Waals surface area contributed by atoms with Crippen LogP contribution in [0.4, 0.5) is 0 Å². The number of benzene rings is 1. The molecule has 16 heavy (non-hydrogen) atoms. The van der Waals surface area contributed by atoms with E-state index in [9.17, 15) is 4.79 Å². The zero-order valence-corrected chi connectivity index (χ0v) is 9.66. The maximum atomic E-state index is 11.8. The largest absolute Gasteiger partial charge is 0.496 e. The predicted molar refractivity (Wildman–Crippen MR) is 60.8 cm³/mol. The van der Waals surface area contributed by atoms with Crippen LogP contribution in [0.5, 0.6) is 5.75 Å². The van der Waals surface area contributed by atoms with Crippen molar-refractivity contribution in [1.29, 1.82) is 0 Å². The fraction of sp³-hybridized carbons (Fsp3) is 0.462. The number of ether oxygens (including phenoxy) is 2. The third kappa shape index (κ3) is 1.90. The molecule has 0 bridgehead atoms. The summed E-state index contributed by atoms with van der Waals surface area (Å²) in [6, 6.07) is 5.68. The molecule has 1 aromatic carbocycles. The summed E-state index contributed by atoms with van der Waals surface area (Å²) < 4.78 is 10.6. The first-order valence-corrected chi connectivity index (χ1v) is 5.63. The molecule has 3 heteroatoms. The van der Waals surface area contributed by atoms with E-state index in [1.165, 1.54) is 0 Å². The molecule has 1 heterocycles. The van der Waals surface area contributed by atoms with Gasteiger partial charge in [0, 0.05) is 6.42 Å². The molecule has 0 aliphatic carbocycles. The minimum atomic E-state index is -0.253. The van der Waals surface area contributed by atoms with E-state index in [1.54, 1.807) is 13.2 Å². The Kier molecular flexibility index (Phi) is 3.13. The van der Waals surface area contributed by atoms with Gasteiger partial charge in [-0.15, -0.1) is 0 Å². The lowest BCUT2D eigenvalue weighted by Gasteiger charge is -2.25. The second-order valence-corrected chi connectivity index (χ2v) is 4.01. The van der Waals surface area contributed by atoms with Gasteiger partial charge in [0.2, 0.25) is 0 Å². The average molecular weight is 220 g/mol. The summed E-state index contributed by atoms with van der Waals surface area (Å²) in [5, 5.41) is 0. The normalized spacial score (nSPS) is 18.9. The van der Waals surface area contributed by atoms with Crippen LogP contribution in [0.15, 0.2) is 18.2 Å². The van der Waals surface area contributed by atoms with Crippen molar-refractivity contribution in [2.45, 2.75) is 32.3 Å². The van der Waals surface area contributed by atoms with E-state index in [-0.39, 0.29) is 12.1 Å². The Bertz CT molecular complexity index is 398. The van der Waals surface area contributed by atoms with Gasteiger partial charge in [-0.3, -0.25) is 0 Å². The van der Waals surface area contributed by atoms with Gasteiger partial charge < -0.3 is 9.47 Å². The number of carbonyl (C=O) groups excluding carboxylic acids is 1. The molecular formula is C13H16O3. The van der Waals surface area contributed by atoms with Crippen LogP contribution in [0, 0.1) is 0 Å². The van der Waals surface area contributed by atoms with Crippen LogP contribution in [-0.2, 0) is 11.2 Å². The molecule has 1 aromatic rings. The van der Waals surface area contributed by atoms with Crippen molar-refractivity contribution >= 4 is 5.97 Å². The van der Waals surface area contributed by atoms with Crippen LogP contribution < -0.4 is 4.74 Å².